The Morgan fingerprint density at radius 2 is 2.09 bits per heavy atom. The van der Waals surface area contributed by atoms with Crippen LogP contribution in [0.2, 0.25) is 0 Å². The van der Waals surface area contributed by atoms with Crippen molar-refractivity contribution in [3.8, 4) is 0 Å². The van der Waals surface area contributed by atoms with Crippen molar-refractivity contribution in [1.82, 2.24) is 15.3 Å². The highest BCUT2D eigenvalue weighted by molar-refractivity contribution is 7.99. The summed E-state index contributed by atoms with van der Waals surface area (Å²) < 4.78 is 13.3. The topological polar surface area (TPSA) is 74.8 Å². The number of aryl methyl sites for hydroxylation is 2. The Morgan fingerprint density at radius 1 is 1.25 bits per heavy atom. The standard InChI is InChI=1S/C23H20FN3O2S3/c24-14-8-6-13(7-9-14)21(17-5-2-10-31-17)27-19(28)12-30-11-18-25-22(29)20-15-3-1-4-16(15)32-23(20)26-18/h2,5-10,21H,1,3-4,11-12H2,(H,27,28)(H,25,26,29). The first-order chi connectivity index (χ1) is 15.6. The molecule has 1 aliphatic rings. The summed E-state index contributed by atoms with van der Waals surface area (Å²) in [5.41, 5.74) is 1.91. The van der Waals surface area contributed by atoms with Crippen LogP contribution in [0.4, 0.5) is 4.39 Å². The number of nitrogens with one attached hydrogen (secondary N) is 2. The van der Waals surface area contributed by atoms with E-state index in [0.29, 0.717) is 11.6 Å². The summed E-state index contributed by atoms with van der Waals surface area (Å²) in [5.74, 6) is 0.826. The highest BCUT2D eigenvalue weighted by Crippen LogP contribution is 2.34. The lowest BCUT2D eigenvalue weighted by atomic mass is 10.1. The second-order valence-corrected chi connectivity index (χ2v) is 10.7. The van der Waals surface area contributed by atoms with Gasteiger partial charge in [0.15, 0.2) is 0 Å². The maximum Gasteiger partial charge on any atom is 0.259 e. The van der Waals surface area contributed by atoms with Crippen molar-refractivity contribution in [3.05, 3.63) is 84.7 Å². The number of aromatic amines is 1. The van der Waals surface area contributed by atoms with Crippen molar-refractivity contribution in [2.24, 2.45) is 0 Å². The second kappa shape index (κ2) is 9.17. The molecule has 1 unspecified atom stereocenters. The average molecular weight is 486 g/mol. The Morgan fingerprint density at radius 3 is 2.88 bits per heavy atom. The number of thioether (sulfide) groups is 1. The number of carbonyl (C=O) groups is 1. The van der Waals surface area contributed by atoms with Crippen LogP contribution in [0.25, 0.3) is 10.2 Å². The minimum Gasteiger partial charge on any atom is -0.344 e. The van der Waals surface area contributed by atoms with E-state index < -0.39 is 0 Å². The number of aromatic nitrogens is 2. The van der Waals surface area contributed by atoms with Gasteiger partial charge in [-0.05, 0) is 54.0 Å². The fourth-order valence-electron chi connectivity index (χ4n) is 3.99. The van der Waals surface area contributed by atoms with E-state index in [1.807, 2.05) is 17.5 Å². The van der Waals surface area contributed by atoms with Crippen molar-refractivity contribution in [2.75, 3.05) is 5.75 Å². The number of amides is 1. The zero-order valence-electron chi connectivity index (χ0n) is 17.0. The van der Waals surface area contributed by atoms with E-state index >= 15 is 0 Å². The SMILES string of the molecule is O=C(CSCc1nc2sc3c(c2c(=O)[nH]1)CCC3)NC(c1ccc(F)cc1)c1cccs1. The maximum atomic E-state index is 13.3. The molecule has 0 radical (unpaired) electrons. The molecule has 9 heteroatoms. The van der Waals surface area contributed by atoms with Gasteiger partial charge < -0.3 is 10.3 Å². The molecule has 164 valence electrons. The molecule has 5 nitrogen and oxygen atoms in total. The number of fused-ring (bicyclic) bond motifs is 3. The molecule has 0 spiro atoms. The molecule has 0 bridgehead atoms. The first-order valence-corrected chi connectivity index (χ1v) is 13.1. The van der Waals surface area contributed by atoms with Gasteiger partial charge in [0.25, 0.3) is 5.56 Å². The van der Waals surface area contributed by atoms with Crippen LogP contribution >= 0.6 is 34.4 Å². The fraction of sp³-hybridized carbons (Fsp3) is 0.261. The van der Waals surface area contributed by atoms with Gasteiger partial charge in [-0.2, -0.15) is 0 Å². The number of carbonyl (C=O) groups excluding carboxylic acids is 1. The summed E-state index contributed by atoms with van der Waals surface area (Å²) in [6.07, 6.45) is 3.08. The van der Waals surface area contributed by atoms with Crippen LogP contribution in [0.5, 0.6) is 0 Å². The molecule has 1 aromatic carbocycles. The predicted octanol–water partition coefficient (Wildman–Crippen LogP) is 4.81. The summed E-state index contributed by atoms with van der Waals surface area (Å²) in [4.78, 5) is 35.8. The van der Waals surface area contributed by atoms with E-state index in [2.05, 4.69) is 15.3 Å². The van der Waals surface area contributed by atoms with E-state index in [1.165, 1.54) is 28.8 Å². The molecule has 32 heavy (non-hydrogen) atoms. The Labute approximate surface area is 196 Å². The van der Waals surface area contributed by atoms with Crippen LogP contribution in [0, 0.1) is 5.82 Å². The third kappa shape index (κ3) is 4.37. The molecule has 5 rings (SSSR count). The molecule has 0 aliphatic heterocycles. The molecule has 2 N–H and O–H groups in total. The van der Waals surface area contributed by atoms with E-state index in [9.17, 15) is 14.0 Å². The Hall–Kier alpha value is -2.49. The van der Waals surface area contributed by atoms with Crippen molar-refractivity contribution >= 4 is 50.6 Å². The average Bonchev–Trinajstić information content (AvgIpc) is 3.50. The second-order valence-electron chi connectivity index (χ2n) is 7.61. The minimum atomic E-state index is -0.327. The summed E-state index contributed by atoms with van der Waals surface area (Å²) in [6.45, 7) is 0. The molecular weight excluding hydrogens is 465 g/mol. The van der Waals surface area contributed by atoms with Gasteiger partial charge in [-0.1, -0.05) is 18.2 Å². The minimum absolute atomic E-state index is 0.0801. The van der Waals surface area contributed by atoms with Gasteiger partial charge in [0.2, 0.25) is 5.91 Å². The molecule has 3 heterocycles. The van der Waals surface area contributed by atoms with Crippen molar-refractivity contribution < 1.29 is 9.18 Å². The van der Waals surface area contributed by atoms with Crippen LogP contribution < -0.4 is 10.9 Å². The Kier molecular flexibility index (Phi) is 6.12. The number of H-pyrrole nitrogens is 1. The number of hydrogen-bond donors (Lipinski definition) is 2. The lowest BCUT2D eigenvalue weighted by Crippen LogP contribution is -2.30. The largest absolute Gasteiger partial charge is 0.344 e. The van der Waals surface area contributed by atoms with Crippen LogP contribution in [-0.4, -0.2) is 21.6 Å². The van der Waals surface area contributed by atoms with Gasteiger partial charge in [0.05, 0.1) is 22.9 Å². The fourth-order valence-corrected chi connectivity index (χ4v) is 6.77. The zero-order valence-corrected chi connectivity index (χ0v) is 19.5. The van der Waals surface area contributed by atoms with E-state index in [0.717, 1.165) is 45.5 Å². The van der Waals surface area contributed by atoms with E-state index in [1.54, 1.807) is 34.8 Å². The maximum absolute atomic E-state index is 13.3. The van der Waals surface area contributed by atoms with Crippen LogP contribution in [0.15, 0.2) is 46.6 Å². The molecule has 0 fully saturated rings. The quantitative estimate of drug-likeness (QED) is 0.394. The lowest BCUT2D eigenvalue weighted by Gasteiger charge is -2.18. The van der Waals surface area contributed by atoms with Crippen molar-refractivity contribution in [3.63, 3.8) is 0 Å². The van der Waals surface area contributed by atoms with Crippen LogP contribution in [0.3, 0.4) is 0 Å². The predicted molar refractivity (Wildman–Crippen MR) is 129 cm³/mol. The number of rotatable bonds is 7. The van der Waals surface area contributed by atoms with Gasteiger partial charge >= 0.3 is 0 Å². The third-order valence-corrected chi connectivity index (χ3v) is 8.50. The lowest BCUT2D eigenvalue weighted by molar-refractivity contribution is -0.119. The normalized spacial score (nSPS) is 13.9. The molecule has 0 saturated heterocycles. The number of benzene rings is 1. The molecule has 3 aromatic heterocycles. The van der Waals surface area contributed by atoms with Gasteiger partial charge in [-0.15, -0.1) is 34.4 Å². The van der Waals surface area contributed by atoms with Crippen molar-refractivity contribution in [1.29, 1.82) is 0 Å². The molecular formula is C23H20FN3O2S3. The molecule has 4 aromatic rings. The van der Waals surface area contributed by atoms with Crippen LogP contribution in [-0.2, 0) is 23.4 Å². The zero-order chi connectivity index (χ0) is 22.1. The van der Waals surface area contributed by atoms with Gasteiger partial charge in [-0.3, -0.25) is 9.59 Å². The summed E-state index contributed by atoms with van der Waals surface area (Å²) in [7, 11) is 0. The Bertz CT molecular complexity index is 1310. The van der Waals surface area contributed by atoms with E-state index in [-0.39, 0.29) is 29.1 Å². The van der Waals surface area contributed by atoms with Gasteiger partial charge in [0, 0.05) is 9.75 Å². The summed E-state index contributed by atoms with van der Waals surface area (Å²) in [6, 6.07) is 9.73. The van der Waals surface area contributed by atoms with Gasteiger partial charge in [0.1, 0.15) is 16.5 Å². The number of halogens is 1. The monoisotopic (exact) mass is 485 g/mol. The number of nitrogens with zero attached hydrogens (tertiary/aromatic N) is 1. The van der Waals surface area contributed by atoms with Crippen LogP contribution in [0.1, 0.15) is 39.2 Å². The number of thiophene rings is 2. The van der Waals surface area contributed by atoms with Crippen molar-refractivity contribution in [2.45, 2.75) is 31.1 Å². The van der Waals surface area contributed by atoms with Gasteiger partial charge in [-0.25, -0.2) is 9.37 Å². The smallest absolute Gasteiger partial charge is 0.259 e. The van der Waals surface area contributed by atoms with E-state index in [4.69, 9.17) is 0 Å². The summed E-state index contributed by atoms with van der Waals surface area (Å²) in [5, 5.41) is 5.74. The number of hydrogen-bond acceptors (Lipinski definition) is 6. The first kappa shape index (κ1) is 21.4. The highest BCUT2D eigenvalue weighted by Gasteiger charge is 2.21. The molecule has 1 aliphatic carbocycles. The third-order valence-electron chi connectivity index (χ3n) is 5.43. The first-order valence-electron chi connectivity index (χ1n) is 10.3. The molecule has 1 amide bonds. The molecule has 0 saturated carbocycles. The summed E-state index contributed by atoms with van der Waals surface area (Å²) >= 11 is 4.56. The highest BCUT2D eigenvalue weighted by atomic mass is 32.2. The molecule has 1 atom stereocenters. The Balaban J connectivity index is 1.24.